The van der Waals surface area contributed by atoms with Gasteiger partial charge in [-0.15, -0.1) is 0 Å². The molecule has 4 N–H and O–H groups in total. The molecule has 0 bridgehead atoms. The molecule has 1 saturated heterocycles. The van der Waals surface area contributed by atoms with E-state index in [9.17, 15) is 15.3 Å². The summed E-state index contributed by atoms with van der Waals surface area (Å²) in [5, 5.41) is 33.1. The number of anilines is 1. The number of hydrogen-bond donors (Lipinski definition) is 4. The van der Waals surface area contributed by atoms with Crippen LogP contribution in [-0.4, -0.2) is 59.8 Å². The minimum Gasteiger partial charge on any atom is -0.394 e. The first-order valence-electron chi connectivity index (χ1n) is 9.31. The maximum absolute atomic E-state index is 10.3. The van der Waals surface area contributed by atoms with Gasteiger partial charge >= 0.3 is 0 Å². The summed E-state index contributed by atoms with van der Waals surface area (Å²) in [7, 11) is 0. The predicted molar refractivity (Wildman–Crippen MR) is 99.5 cm³/mol. The monoisotopic (exact) mass is 383 g/mol. The van der Waals surface area contributed by atoms with Gasteiger partial charge in [0.2, 0.25) is 0 Å². The van der Waals surface area contributed by atoms with Gasteiger partial charge in [-0.3, -0.25) is 4.57 Å². The first-order valence-corrected chi connectivity index (χ1v) is 9.31. The van der Waals surface area contributed by atoms with Crippen LogP contribution < -0.4 is 5.32 Å². The quantitative estimate of drug-likeness (QED) is 0.514. The van der Waals surface area contributed by atoms with Crippen molar-refractivity contribution < 1.29 is 20.1 Å². The molecule has 9 nitrogen and oxygen atoms in total. The van der Waals surface area contributed by atoms with E-state index in [0.29, 0.717) is 17.0 Å². The molecule has 9 heteroatoms. The lowest BCUT2D eigenvalue weighted by Crippen LogP contribution is -2.33. The summed E-state index contributed by atoms with van der Waals surface area (Å²) in [6.45, 7) is -0.385. The molecule has 2 aromatic heterocycles. The van der Waals surface area contributed by atoms with Gasteiger partial charge in [-0.25, -0.2) is 15.0 Å². The van der Waals surface area contributed by atoms with Gasteiger partial charge in [0.25, 0.3) is 0 Å². The number of imidazole rings is 1. The Morgan fingerprint density at radius 3 is 2.82 bits per heavy atom. The molecular formula is C19H21N5O4. The molecule has 0 radical (unpaired) electrons. The molecule has 3 heterocycles. The summed E-state index contributed by atoms with van der Waals surface area (Å²) in [6.07, 6.45) is 0.821. The van der Waals surface area contributed by atoms with Crippen LogP contribution in [0.2, 0.25) is 0 Å². The fourth-order valence-corrected chi connectivity index (χ4v) is 4.13. The summed E-state index contributed by atoms with van der Waals surface area (Å²) >= 11 is 0. The minimum atomic E-state index is -1.19. The van der Waals surface area contributed by atoms with E-state index < -0.39 is 24.5 Å². The van der Waals surface area contributed by atoms with Gasteiger partial charge in [0.1, 0.15) is 24.6 Å². The molecule has 5 atom stereocenters. The van der Waals surface area contributed by atoms with Gasteiger partial charge in [-0.05, 0) is 24.0 Å². The van der Waals surface area contributed by atoms with Crippen molar-refractivity contribution in [3.8, 4) is 0 Å². The molecule has 0 saturated carbocycles. The summed E-state index contributed by atoms with van der Waals surface area (Å²) in [4.78, 5) is 13.1. The number of nitrogens with one attached hydrogen (secondary N) is 1. The van der Waals surface area contributed by atoms with Crippen molar-refractivity contribution in [2.45, 2.75) is 43.4 Å². The van der Waals surface area contributed by atoms with Gasteiger partial charge in [-0.2, -0.15) is 0 Å². The van der Waals surface area contributed by atoms with E-state index >= 15 is 0 Å². The number of nitrogens with zero attached hydrogens (tertiary/aromatic N) is 4. The molecule has 1 fully saturated rings. The van der Waals surface area contributed by atoms with Crippen molar-refractivity contribution in [2.75, 3.05) is 11.9 Å². The van der Waals surface area contributed by atoms with E-state index in [1.54, 1.807) is 4.57 Å². The van der Waals surface area contributed by atoms with Crippen molar-refractivity contribution in [3.63, 3.8) is 0 Å². The van der Waals surface area contributed by atoms with E-state index in [1.807, 2.05) is 12.1 Å². The van der Waals surface area contributed by atoms with Gasteiger partial charge in [-0.1, -0.05) is 24.3 Å². The second-order valence-electron chi connectivity index (χ2n) is 7.21. The van der Waals surface area contributed by atoms with Gasteiger partial charge in [0, 0.05) is 0 Å². The molecule has 0 amide bonds. The maximum atomic E-state index is 10.3. The van der Waals surface area contributed by atoms with Crippen molar-refractivity contribution in [3.05, 3.63) is 48.0 Å². The highest BCUT2D eigenvalue weighted by Gasteiger charge is 2.44. The van der Waals surface area contributed by atoms with E-state index in [0.717, 1.165) is 12.8 Å². The number of hydrogen-bond acceptors (Lipinski definition) is 8. The Kier molecular flexibility index (Phi) is 4.24. The number of fused-ring (bicyclic) bond motifs is 2. The standard InChI is InChI=1S/C19H21N5O4/c25-7-13-15(26)16(27)19(28-13)24-9-22-14-17(20-8-21-18(14)24)23-12-6-5-10-3-1-2-4-11(10)12/h1-4,8-9,12-13,15-16,19,25-27H,5-7H2,(H,20,21,23)/t12-,13-,15+,16+,19-/m1/s1. The van der Waals surface area contributed by atoms with Crippen LogP contribution in [0.5, 0.6) is 0 Å². The van der Waals surface area contributed by atoms with Crippen molar-refractivity contribution in [2.24, 2.45) is 0 Å². The number of aliphatic hydroxyl groups is 3. The summed E-state index contributed by atoms with van der Waals surface area (Å²) < 4.78 is 7.16. The molecule has 0 spiro atoms. The molecular weight excluding hydrogens is 362 g/mol. The lowest BCUT2D eigenvalue weighted by atomic mass is 10.1. The number of rotatable bonds is 4. The average molecular weight is 383 g/mol. The van der Waals surface area contributed by atoms with Crippen molar-refractivity contribution in [1.82, 2.24) is 19.5 Å². The first kappa shape index (κ1) is 17.5. The molecule has 1 aliphatic heterocycles. The lowest BCUT2D eigenvalue weighted by Gasteiger charge is -2.17. The number of aromatic nitrogens is 4. The molecule has 0 unspecified atom stereocenters. The Balaban J connectivity index is 1.47. The Hall–Kier alpha value is -2.59. The van der Waals surface area contributed by atoms with Gasteiger partial charge in [0.15, 0.2) is 23.2 Å². The van der Waals surface area contributed by atoms with Crippen LogP contribution in [0.15, 0.2) is 36.9 Å². The average Bonchev–Trinajstić information content (AvgIpc) is 3.40. The summed E-state index contributed by atoms with van der Waals surface area (Å²) in [5.74, 6) is 0.609. The Labute approximate surface area is 160 Å². The molecule has 146 valence electrons. The Morgan fingerprint density at radius 2 is 2.00 bits per heavy atom. The number of benzene rings is 1. The number of ether oxygens (including phenoxy) is 1. The topological polar surface area (TPSA) is 126 Å². The van der Waals surface area contributed by atoms with Crippen LogP contribution >= 0.6 is 0 Å². The normalized spacial score (nSPS) is 29.3. The van der Waals surface area contributed by atoms with E-state index in [-0.39, 0.29) is 12.6 Å². The zero-order chi connectivity index (χ0) is 19.3. The van der Waals surface area contributed by atoms with Crippen LogP contribution in [0, 0.1) is 0 Å². The second-order valence-corrected chi connectivity index (χ2v) is 7.21. The van der Waals surface area contributed by atoms with E-state index in [1.165, 1.54) is 23.8 Å². The lowest BCUT2D eigenvalue weighted by molar-refractivity contribution is -0.0511. The second kappa shape index (κ2) is 6.78. The third-order valence-electron chi connectivity index (χ3n) is 5.59. The highest BCUT2D eigenvalue weighted by atomic mass is 16.6. The summed E-state index contributed by atoms with van der Waals surface area (Å²) in [5.41, 5.74) is 3.64. The third kappa shape index (κ3) is 2.67. The molecule has 1 aliphatic carbocycles. The number of aliphatic hydroxyl groups excluding tert-OH is 3. The first-order chi connectivity index (χ1) is 13.7. The Morgan fingerprint density at radius 1 is 1.14 bits per heavy atom. The molecule has 5 rings (SSSR count). The van der Waals surface area contributed by atoms with Crippen molar-refractivity contribution in [1.29, 1.82) is 0 Å². The zero-order valence-corrected chi connectivity index (χ0v) is 15.0. The fraction of sp³-hybridized carbons (Fsp3) is 0.421. The van der Waals surface area contributed by atoms with Crippen LogP contribution in [0.3, 0.4) is 0 Å². The number of aryl methyl sites for hydroxylation is 1. The van der Waals surface area contributed by atoms with Gasteiger partial charge < -0.3 is 25.4 Å². The predicted octanol–water partition coefficient (Wildman–Crippen LogP) is 0.537. The molecule has 28 heavy (non-hydrogen) atoms. The minimum absolute atomic E-state index is 0.147. The molecule has 1 aromatic carbocycles. The Bertz CT molecular complexity index is 1010. The smallest absolute Gasteiger partial charge is 0.167 e. The van der Waals surface area contributed by atoms with Crippen LogP contribution in [-0.2, 0) is 11.2 Å². The molecule has 3 aromatic rings. The highest BCUT2D eigenvalue weighted by Crippen LogP contribution is 2.36. The fourth-order valence-electron chi connectivity index (χ4n) is 4.13. The van der Waals surface area contributed by atoms with Crippen LogP contribution in [0.1, 0.15) is 29.8 Å². The van der Waals surface area contributed by atoms with E-state index in [4.69, 9.17) is 4.74 Å². The summed E-state index contributed by atoms with van der Waals surface area (Å²) in [6, 6.07) is 8.49. The van der Waals surface area contributed by atoms with Crippen LogP contribution in [0.25, 0.3) is 11.2 Å². The maximum Gasteiger partial charge on any atom is 0.167 e. The largest absolute Gasteiger partial charge is 0.394 e. The third-order valence-corrected chi connectivity index (χ3v) is 5.59. The van der Waals surface area contributed by atoms with Crippen molar-refractivity contribution >= 4 is 17.0 Å². The van der Waals surface area contributed by atoms with Gasteiger partial charge in [0.05, 0.1) is 19.0 Å². The van der Waals surface area contributed by atoms with Crippen LogP contribution in [0.4, 0.5) is 5.82 Å². The zero-order valence-electron chi connectivity index (χ0n) is 15.0. The molecule has 2 aliphatic rings. The SMILES string of the molecule is OC[C@H]1O[C@@H](n2cnc3c(N[C@@H]4CCc5ccccc54)ncnc32)[C@@H](O)[C@H]1O. The van der Waals surface area contributed by atoms with E-state index in [2.05, 4.69) is 32.4 Å². The highest BCUT2D eigenvalue weighted by molar-refractivity contribution is 5.83.